The van der Waals surface area contributed by atoms with Crippen molar-refractivity contribution < 1.29 is 9.90 Å². The van der Waals surface area contributed by atoms with Gasteiger partial charge >= 0.3 is 5.97 Å². The van der Waals surface area contributed by atoms with Gasteiger partial charge in [-0.3, -0.25) is 4.79 Å². The molecule has 0 aromatic carbocycles. The zero-order valence-electron chi connectivity index (χ0n) is 6.63. The van der Waals surface area contributed by atoms with Crippen molar-refractivity contribution in [3.63, 3.8) is 0 Å². The summed E-state index contributed by atoms with van der Waals surface area (Å²) >= 11 is 1.69. The summed E-state index contributed by atoms with van der Waals surface area (Å²) in [5.41, 5.74) is 0. The van der Waals surface area contributed by atoms with Gasteiger partial charge in [-0.25, -0.2) is 0 Å². The number of carbonyl (C=O) groups is 1. The fraction of sp³-hybridized carbons (Fsp3) is 0.857. The molecule has 3 heteroatoms. The summed E-state index contributed by atoms with van der Waals surface area (Å²) in [4.78, 5) is 10.3. The van der Waals surface area contributed by atoms with Gasteiger partial charge in [0.15, 0.2) is 0 Å². The second kappa shape index (κ2) is 4.61. The van der Waals surface area contributed by atoms with E-state index in [1.807, 2.05) is 0 Å². The summed E-state index contributed by atoms with van der Waals surface area (Å²) in [7, 11) is 0. The Balaban J connectivity index is 3.40. The highest BCUT2D eigenvalue weighted by molar-refractivity contribution is 7.99. The Labute approximate surface area is 66.0 Å². The molecule has 1 N–H and O–H groups in total. The molecule has 0 aromatic rings. The first kappa shape index (κ1) is 9.82. The number of carboxylic acid groups (broad SMARTS) is 1. The zero-order valence-corrected chi connectivity index (χ0v) is 7.44. The number of carboxylic acids is 1. The molecular formula is C7H14O2S. The predicted molar refractivity (Wildman–Crippen MR) is 44.4 cm³/mol. The van der Waals surface area contributed by atoms with E-state index >= 15 is 0 Å². The molecule has 0 saturated carbocycles. The summed E-state index contributed by atoms with van der Waals surface area (Å²) in [6.45, 7) is 5.87. The lowest BCUT2D eigenvalue weighted by molar-refractivity contribution is -0.140. The third kappa shape index (κ3) is 4.68. The molecule has 0 aliphatic rings. The van der Waals surface area contributed by atoms with Gasteiger partial charge in [0.05, 0.1) is 5.92 Å². The van der Waals surface area contributed by atoms with Gasteiger partial charge in [-0.05, 0) is 5.25 Å². The van der Waals surface area contributed by atoms with Crippen LogP contribution >= 0.6 is 11.8 Å². The van der Waals surface area contributed by atoms with Crippen LogP contribution in [-0.2, 0) is 4.79 Å². The molecule has 1 unspecified atom stereocenters. The minimum Gasteiger partial charge on any atom is -0.481 e. The molecule has 0 aromatic heterocycles. The first-order valence-electron chi connectivity index (χ1n) is 3.38. The molecule has 0 bridgehead atoms. The van der Waals surface area contributed by atoms with Gasteiger partial charge in [-0.15, -0.1) is 0 Å². The molecule has 1 atom stereocenters. The maximum atomic E-state index is 10.3. The van der Waals surface area contributed by atoms with E-state index in [-0.39, 0.29) is 5.92 Å². The minimum atomic E-state index is -0.701. The van der Waals surface area contributed by atoms with E-state index in [1.165, 1.54) is 0 Å². The Bertz CT molecular complexity index is 112. The molecule has 0 radical (unpaired) electrons. The molecule has 0 fully saturated rings. The first-order chi connectivity index (χ1) is 4.54. The maximum Gasteiger partial charge on any atom is 0.307 e. The van der Waals surface area contributed by atoms with Crippen LogP contribution < -0.4 is 0 Å². The Hall–Kier alpha value is -0.180. The normalized spacial score (nSPS) is 13.6. The molecule has 60 valence electrons. The molecule has 0 spiro atoms. The van der Waals surface area contributed by atoms with Gasteiger partial charge in [0.1, 0.15) is 0 Å². The van der Waals surface area contributed by atoms with Gasteiger partial charge < -0.3 is 5.11 Å². The number of thioether (sulfide) groups is 1. The summed E-state index contributed by atoms with van der Waals surface area (Å²) in [5, 5.41) is 9.01. The number of aliphatic carboxylic acids is 1. The van der Waals surface area contributed by atoms with Crippen molar-refractivity contribution in [3.05, 3.63) is 0 Å². The molecule has 0 heterocycles. The van der Waals surface area contributed by atoms with Gasteiger partial charge in [-0.2, -0.15) is 11.8 Å². The standard InChI is InChI=1S/C7H14O2S/c1-5(2)10-4-6(3)7(8)9/h5-6H,4H2,1-3H3,(H,8,9). The second-order valence-electron chi connectivity index (χ2n) is 2.62. The van der Waals surface area contributed by atoms with Crippen LogP contribution in [0.2, 0.25) is 0 Å². The summed E-state index contributed by atoms with van der Waals surface area (Å²) in [6.07, 6.45) is 0. The minimum absolute atomic E-state index is 0.215. The topological polar surface area (TPSA) is 37.3 Å². The number of hydrogen-bond acceptors (Lipinski definition) is 2. The highest BCUT2D eigenvalue weighted by Gasteiger charge is 2.10. The van der Waals surface area contributed by atoms with Crippen molar-refractivity contribution in [2.75, 3.05) is 5.75 Å². The van der Waals surface area contributed by atoms with Crippen molar-refractivity contribution in [2.45, 2.75) is 26.0 Å². The number of hydrogen-bond donors (Lipinski definition) is 1. The largest absolute Gasteiger partial charge is 0.481 e. The van der Waals surface area contributed by atoms with E-state index in [0.29, 0.717) is 11.0 Å². The van der Waals surface area contributed by atoms with Gasteiger partial charge in [0.25, 0.3) is 0 Å². The van der Waals surface area contributed by atoms with Crippen LogP contribution in [0.5, 0.6) is 0 Å². The number of rotatable bonds is 4. The van der Waals surface area contributed by atoms with Crippen LogP contribution in [-0.4, -0.2) is 22.1 Å². The summed E-state index contributed by atoms with van der Waals surface area (Å²) in [6, 6.07) is 0. The average Bonchev–Trinajstić information content (AvgIpc) is 1.82. The molecule has 0 saturated heterocycles. The summed E-state index contributed by atoms with van der Waals surface area (Å²) < 4.78 is 0. The van der Waals surface area contributed by atoms with E-state index in [2.05, 4.69) is 13.8 Å². The third-order valence-corrected chi connectivity index (χ3v) is 2.46. The highest BCUT2D eigenvalue weighted by atomic mass is 32.2. The van der Waals surface area contributed by atoms with E-state index in [1.54, 1.807) is 18.7 Å². The van der Waals surface area contributed by atoms with Crippen LogP contribution in [0.1, 0.15) is 20.8 Å². The fourth-order valence-corrected chi connectivity index (χ4v) is 1.22. The van der Waals surface area contributed by atoms with Crippen LogP contribution in [0.15, 0.2) is 0 Å². The predicted octanol–water partition coefficient (Wildman–Crippen LogP) is 1.85. The SMILES string of the molecule is CC(C)SCC(C)C(=O)O. The van der Waals surface area contributed by atoms with Gasteiger partial charge in [-0.1, -0.05) is 20.8 Å². The van der Waals surface area contributed by atoms with Crippen LogP contribution in [0.3, 0.4) is 0 Å². The highest BCUT2D eigenvalue weighted by Crippen LogP contribution is 2.13. The van der Waals surface area contributed by atoms with Gasteiger partial charge in [0.2, 0.25) is 0 Å². The van der Waals surface area contributed by atoms with Crippen molar-refractivity contribution in [3.8, 4) is 0 Å². The molecule has 0 amide bonds. The molecular weight excluding hydrogens is 148 g/mol. The smallest absolute Gasteiger partial charge is 0.307 e. The van der Waals surface area contributed by atoms with Crippen LogP contribution in [0.25, 0.3) is 0 Å². The third-order valence-electron chi connectivity index (χ3n) is 1.10. The van der Waals surface area contributed by atoms with Gasteiger partial charge in [0, 0.05) is 5.75 Å². The van der Waals surface area contributed by atoms with E-state index in [9.17, 15) is 4.79 Å². The monoisotopic (exact) mass is 162 g/mol. The quantitative estimate of drug-likeness (QED) is 0.685. The average molecular weight is 162 g/mol. The Morgan fingerprint density at radius 1 is 1.50 bits per heavy atom. The van der Waals surface area contributed by atoms with Crippen molar-refractivity contribution >= 4 is 17.7 Å². The lowest BCUT2D eigenvalue weighted by Gasteiger charge is -2.07. The van der Waals surface area contributed by atoms with E-state index < -0.39 is 5.97 Å². The lowest BCUT2D eigenvalue weighted by Crippen LogP contribution is -2.12. The Morgan fingerprint density at radius 2 is 2.00 bits per heavy atom. The molecule has 2 nitrogen and oxygen atoms in total. The molecule has 0 aliphatic carbocycles. The second-order valence-corrected chi connectivity index (χ2v) is 4.23. The molecule has 10 heavy (non-hydrogen) atoms. The Morgan fingerprint density at radius 3 is 2.30 bits per heavy atom. The van der Waals surface area contributed by atoms with Crippen molar-refractivity contribution in [2.24, 2.45) is 5.92 Å². The molecule has 0 rings (SSSR count). The van der Waals surface area contributed by atoms with Crippen molar-refractivity contribution in [1.82, 2.24) is 0 Å². The summed E-state index contributed by atoms with van der Waals surface area (Å²) in [5.74, 6) is -0.201. The Kier molecular flexibility index (Phi) is 4.52. The van der Waals surface area contributed by atoms with E-state index in [4.69, 9.17) is 5.11 Å². The zero-order chi connectivity index (χ0) is 8.15. The van der Waals surface area contributed by atoms with Crippen molar-refractivity contribution in [1.29, 1.82) is 0 Å². The van der Waals surface area contributed by atoms with Crippen LogP contribution in [0, 0.1) is 5.92 Å². The molecule has 0 aliphatic heterocycles. The fourth-order valence-electron chi connectivity index (χ4n) is 0.408. The lowest BCUT2D eigenvalue weighted by atomic mass is 10.2. The first-order valence-corrected chi connectivity index (χ1v) is 4.43. The van der Waals surface area contributed by atoms with E-state index in [0.717, 1.165) is 0 Å². The maximum absolute atomic E-state index is 10.3. The van der Waals surface area contributed by atoms with Crippen LogP contribution in [0.4, 0.5) is 0 Å².